The van der Waals surface area contributed by atoms with Crippen LogP contribution in [-0.2, 0) is 5.41 Å². The molecule has 0 saturated carbocycles. The van der Waals surface area contributed by atoms with Crippen LogP contribution in [0.25, 0.3) is 28.3 Å². The molecule has 0 bridgehead atoms. The fraction of sp³-hybridized carbons (Fsp3) is 0.200. The van der Waals surface area contributed by atoms with Gasteiger partial charge in [-0.15, -0.1) is 6.58 Å². The summed E-state index contributed by atoms with van der Waals surface area (Å²) in [4.78, 5) is 0. The predicted molar refractivity (Wildman–Crippen MR) is 152 cm³/mol. The molecular formula is C35H34. The van der Waals surface area contributed by atoms with Crippen molar-refractivity contribution in [1.29, 1.82) is 0 Å². The van der Waals surface area contributed by atoms with Crippen molar-refractivity contribution in [2.45, 2.75) is 43.9 Å². The lowest BCUT2D eigenvalue weighted by molar-refractivity contribution is 0.512. The highest BCUT2D eigenvalue weighted by molar-refractivity contribution is 5.86. The number of rotatable bonds is 10. The van der Waals surface area contributed by atoms with Crippen LogP contribution >= 0.6 is 0 Å². The second kappa shape index (κ2) is 10.3. The zero-order valence-electron chi connectivity index (χ0n) is 20.5. The molecule has 4 aromatic carbocycles. The van der Waals surface area contributed by atoms with Gasteiger partial charge in [-0.3, -0.25) is 0 Å². The minimum absolute atomic E-state index is 0.122. The van der Waals surface area contributed by atoms with Crippen LogP contribution in [-0.4, -0.2) is 0 Å². The molecule has 1 unspecified atom stereocenters. The Morgan fingerprint density at radius 2 is 1.29 bits per heavy atom. The molecule has 0 heteroatoms. The number of benzene rings is 4. The maximum Gasteiger partial charge on any atom is 0.0463 e. The molecule has 1 atom stereocenters. The first-order chi connectivity index (χ1) is 17.3. The van der Waals surface area contributed by atoms with Gasteiger partial charge in [-0.05, 0) is 69.8 Å². The van der Waals surface area contributed by atoms with E-state index in [2.05, 4.69) is 110 Å². The van der Waals surface area contributed by atoms with Crippen molar-refractivity contribution in [3.05, 3.63) is 139 Å². The Balaban J connectivity index is 1.63. The minimum Gasteiger partial charge on any atom is -0.103 e. The molecule has 5 rings (SSSR count). The summed E-state index contributed by atoms with van der Waals surface area (Å²) in [6, 6.07) is 36.1. The average molecular weight is 455 g/mol. The van der Waals surface area contributed by atoms with E-state index in [1.807, 2.05) is 12.2 Å². The molecule has 0 spiro atoms. The fourth-order valence-corrected chi connectivity index (χ4v) is 5.84. The van der Waals surface area contributed by atoms with E-state index in [0.717, 1.165) is 18.4 Å². The van der Waals surface area contributed by atoms with Crippen molar-refractivity contribution in [1.82, 2.24) is 0 Å². The van der Waals surface area contributed by atoms with E-state index >= 15 is 0 Å². The first-order valence-corrected chi connectivity index (χ1v) is 12.9. The summed E-state index contributed by atoms with van der Waals surface area (Å²) in [6.07, 6.45) is 11.1. The standard InChI is InChI=1S/C35H34/c1-3-5-6-7-8-14-25-35(30-15-10-9-11-16-30)33-18-13-12-17-31(33)32-24-23-29(26-34(32)35)28-21-19-27(4-2)20-22-28/h3-4,9-13,15-24,26H,1-2,5-8,14,25H2. The summed E-state index contributed by atoms with van der Waals surface area (Å²) in [5, 5.41) is 0. The molecule has 0 aromatic heterocycles. The molecule has 0 radical (unpaired) electrons. The maximum atomic E-state index is 3.90. The van der Waals surface area contributed by atoms with Crippen LogP contribution in [0.3, 0.4) is 0 Å². The predicted octanol–water partition coefficient (Wildman–Crippen LogP) is 9.84. The number of fused-ring (bicyclic) bond motifs is 3. The molecule has 0 N–H and O–H groups in total. The molecule has 35 heavy (non-hydrogen) atoms. The van der Waals surface area contributed by atoms with Crippen molar-refractivity contribution < 1.29 is 0 Å². The van der Waals surface area contributed by atoms with Crippen molar-refractivity contribution >= 4 is 6.08 Å². The van der Waals surface area contributed by atoms with Gasteiger partial charge in [0, 0.05) is 5.41 Å². The van der Waals surface area contributed by atoms with Gasteiger partial charge in [0.25, 0.3) is 0 Å². The fourth-order valence-electron chi connectivity index (χ4n) is 5.84. The van der Waals surface area contributed by atoms with Crippen LogP contribution in [0.5, 0.6) is 0 Å². The summed E-state index contributed by atoms with van der Waals surface area (Å²) < 4.78 is 0. The van der Waals surface area contributed by atoms with E-state index < -0.39 is 0 Å². The molecule has 1 aliphatic rings. The lowest BCUT2D eigenvalue weighted by atomic mass is 9.69. The van der Waals surface area contributed by atoms with Gasteiger partial charge in [0.2, 0.25) is 0 Å². The largest absolute Gasteiger partial charge is 0.103 e. The van der Waals surface area contributed by atoms with Crippen LogP contribution < -0.4 is 0 Å². The third kappa shape index (κ3) is 4.30. The highest BCUT2D eigenvalue weighted by Crippen LogP contribution is 2.55. The SMILES string of the molecule is C=CCCCCCCC1(c2ccccc2)c2ccccc2-c2ccc(-c3ccc(C=C)cc3)cc21. The molecule has 0 aliphatic heterocycles. The topological polar surface area (TPSA) is 0 Å². The normalized spacial score (nSPS) is 15.9. The number of hydrogen-bond donors (Lipinski definition) is 0. The Morgan fingerprint density at radius 3 is 2.06 bits per heavy atom. The Hall–Kier alpha value is -3.64. The molecule has 0 saturated heterocycles. The lowest BCUT2D eigenvalue weighted by Crippen LogP contribution is -2.27. The first kappa shape index (κ1) is 23.1. The van der Waals surface area contributed by atoms with Gasteiger partial charge in [-0.25, -0.2) is 0 Å². The van der Waals surface area contributed by atoms with E-state index in [4.69, 9.17) is 0 Å². The number of allylic oxidation sites excluding steroid dienone is 1. The molecule has 0 fully saturated rings. The van der Waals surface area contributed by atoms with Gasteiger partial charge in [0.05, 0.1) is 0 Å². The summed E-state index contributed by atoms with van der Waals surface area (Å²) in [5.41, 5.74) is 10.6. The molecule has 0 nitrogen and oxygen atoms in total. The average Bonchev–Trinajstić information content (AvgIpc) is 3.21. The van der Waals surface area contributed by atoms with Crippen molar-refractivity contribution in [3.8, 4) is 22.3 Å². The van der Waals surface area contributed by atoms with Gasteiger partial charge >= 0.3 is 0 Å². The second-order valence-corrected chi connectivity index (χ2v) is 9.64. The highest BCUT2D eigenvalue weighted by Gasteiger charge is 2.44. The van der Waals surface area contributed by atoms with E-state index in [9.17, 15) is 0 Å². The monoisotopic (exact) mass is 454 g/mol. The summed E-state index contributed by atoms with van der Waals surface area (Å²) in [7, 11) is 0. The van der Waals surface area contributed by atoms with Gasteiger partial charge < -0.3 is 0 Å². The van der Waals surface area contributed by atoms with Gasteiger partial charge in [-0.1, -0.05) is 129 Å². The van der Waals surface area contributed by atoms with Crippen LogP contribution in [0.2, 0.25) is 0 Å². The Bertz CT molecular complexity index is 1310. The molecule has 174 valence electrons. The third-order valence-electron chi connectivity index (χ3n) is 7.61. The minimum atomic E-state index is -0.122. The first-order valence-electron chi connectivity index (χ1n) is 12.9. The summed E-state index contributed by atoms with van der Waals surface area (Å²) in [6.45, 7) is 7.78. The van der Waals surface area contributed by atoms with Crippen LogP contribution in [0.15, 0.2) is 116 Å². The van der Waals surface area contributed by atoms with Crippen LogP contribution in [0.4, 0.5) is 0 Å². The van der Waals surface area contributed by atoms with E-state index in [1.54, 1.807) is 0 Å². The van der Waals surface area contributed by atoms with Crippen LogP contribution in [0, 0.1) is 0 Å². The highest BCUT2D eigenvalue weighted by atomic mass is 14.5. The van der Waals surface area contributed by atoms with Gasteiger partial charge in [0.1, 0.15) is 0 Å². The zero-order valence-corrected chi connectivity index (χ0v) is 20.5. The van der Waals surface area contributed by atoms with Crippen molar-refractivity contribution in [3.63, 3.8) is 0 Å². The van der Waals surface area contributed by atoms with E-state index in [0.29, 0.717) is 0 Å². The van der Waals surface area contributed by atoms with Gasteiger partial charge in [0.15, 0.2) is 0 Å². The number of unbranched alkanes of at least 4 members (excludes halogenated alkanes) is 4. The van der Waals surface area contributed by atoms with Gasteiger partial charge in [-0.2, -0.15) is 0 Å². The summed E-state index contributed by atoms with van der Waals surface area (Å²) in [5.74, 6) is 0. The molecule has 0 amide bonds. The third-order valence-corrected chi connectivity index (χ3v) is 7.61. The van der Waals surface area contributed by atoms with Crippen LogP contribution in [0.1, 0.15) is 60.8 Å². The Labute approximate surface area is 210 Å². The molecule has 0 heterocycles. The maximum absolute atomic E-state index is 3.90. The van der Waals surface area contributed by atoms with E-state index in [1.165, 1.54) is 64.6 Å². The smallest absolute Gasteiger partial charge is 0.0463 e. The summed E-state index contributed by atoms with van der Waals surface area (Å²) >= 11 is 0. The van der Waals surface area contributed by atoms with Crippen molar-refractivity contribution in [2.75, 3.05) is 0 Å². The quantitative estimate of drug-likeness (QED) is 0.165. The Kier molecular flexibility index (Phi) is 6.82. The van der Waals surface area contributed by atoms with E-state index in [-0.39, 0.29) is 5.41 Å². The van der Waals surface area contributed by atoms with Crippen molar-refractivity contribution in [2.24, 2.45) is 0 Å². The zero-order chi connectivity index (χ0) is 24.1. The number of hydrogen-bond acceptors (Lipinski definition) is 0. The molecule has 1 aliphatic carbocycles. The lowest BCUT2D eigenvalue weighted by Gasteiger charge is -2.33. The second-order valence-electron chi connectivity index (χ2n) is 9.64. The molecule has 4 aromatic rings. The molecular weight excluding hydrogens is 420 g/mol. The Morgan fingerprint density at radius 1 is 0.600 bits per heavy atom.